The van der Waals surface area contributed by atoms with E-state index in [2.05, 4.69) is 4.98 Å². The summed E-state index contributed by atoms with van der Waals surface area (Å²) in [6.45, 7) is 0. The van der Waals surface area contributed by atoms with Gasteiger partial charge in [0, 0.05) is 23.2 Å². The molecule has 2 N–H and O–H groups in total. The Morgan fingerprint density at radius 3 is 2.21 bits per heavy atom. The zero-order valence-corrected chi connectivity index (χ0v) is 8.34. The minimum Gasteiger partial charge on any atom is -0.503 e. The summed E-state index contributed by atoms with van der Waals surface area (Å²) in [4.78, 5) is 3.85. The maximum Gasteiger partial charge on any atom is 0.178 e. The van der Waals surface area contributed by atoms with Gasteiger partial charge < -0.3 is 10.2 Å². The fraction of sp³-hybridized carbons (Fsp3) is 0. The minimum atomic E-state index is -0.419. The van der Waals surface area contributed by atoms with Crippen LogP contribution >= 0.6 is 23.2 Å². The molecule has 0 saturated heterocycles. The number of pyridine rings is 1. The van der Waals surface area contributed by atoms with Crippen molar-refractivity contribution in [2.45, 2.75) is 0 Å². The highest BCUT2D eigenvalue weighted by molar-refractivity contribution is 6.42. The zero-order chi connectivity index (χ0) is 10.3. The Kier molecular flexibility index (Phi) is 2.13. The summed E-state index contributed by atoms with van der Waals surface area (Å²) in [7, 11) is 0. The maximum absolute atomic E-state index is 9.40. The molecule has 3 nitrogen and oxygen atoms in total. The van der Waals surface area contributed by atoms with Gasteiger partial charge in [-0.15, -0.1) is 0 Å². The summed E-state index contributed by atoms with van der Waals surface area (Å²) in [6.07, 6.45) is 3.00. The Morgan fingerprint density at radius 2 is 1.57 bits per heavy atom. The quantitative estimate of drug-likeness (QED) is 0.684. The Labute approximate surface area is 89.5 Å². The molecule has 0 atom stereocenters. The number of aromatic nitrogens is 1. The molecular weight excluding hydrogens is 225 g/mol. The summed E-state index contributed by atoms with van der Waals surface area (Å²) in [5.41, 5.74) is 0. The molecule has 0 aliphatic heterocycles. The number of nitrogens with zero attached hydrogens (tertiary/aromatic N) is 1. The van der Waals surface area contributed by atoms with Crippen LogP contribution in [0.2, 0.25) is 10.0 Å². The Bertz CT molecular complexity index is 467. The molecule has 1 heterocycles. The molecule has 5 heteroatoms. The van der Waals surface area contributed by atoms with Crippen LogP contribution < -0.4 is 0 Å². The smallest absolute Gasteiger partial charge is 0.178 e. The lowest BCUT2D eigenvalue weighted by Gasteiger charge is -2.07. The van der Waals surface area contributed by atoms with Gasteiger partial charge in [-0.05, 0) is 6.07 Å². The molecular formula is C9H5Cl2NO2. The molecule has 0 bridgehead atoms. The predicted octanol–water partition coefficient (Wildman–Crippen LogP) is 2.95. The highest BCUT2D eigenvalue weighted by Crippen LogP contribution is 2.45. The van der Waals surface area contributed by atoms with Crippen molar-refractivity contribution in [2.24, 2.45) is 0 Å². The number of fused-ring (bicyclic) bond motifs is 1. The van der Waals surface area contributed by atoms with Crippen molar-refractivity contribution in [3.63, 3.8) is 0 Å². The lowest BCUT2D eigenvalue weighted by molar-refractivity contribution is 0.405. The van der Waals surface area contributed by atoms with Gasteiger partial charge in [0.2, 0.25) is 0 Å². The van der Waals surface area contributed by atoms with Crippen molar-refractivity contribution in [1.29, 1.82) is 0 Å². The zero-order valence-electron chi connectivity index (χ0n) is 6.83. The van der Waals surface area contributed by atoms with Crippen LogP contribution in [-0.4, -0.2) is 15.2 Å². The standard InChI is InChI=1S/C9H5Cl2NO2/c10-6-4-1-2-12-3-5(4)7(11)9(14)8(6)13/h1-3,13-14H. The van der Waals surface area contributed by atoms with Gasteiger partial charge in [-0.1, -0.05) is 23.2 Å². The highest BCUT2D eigenvalue weighted by Gasteiger charge is 2.15. The molecule has 1 aromatic heterocycles. The molecule has 72 valence electrons. The van der Waals surface area contributed by atoms with Crippen LogP contribution in [0.4, 0.5) is 0 Å². The number of aromatic hydroxyl groups is 2. The van der Waals surface area contributed by atoms with Crippen LogP contribution in [0.3, 0.4) is 0 Å². The number of hydrogen-bond donors (Lipinski definition) is 2. The van der Waals surface area contributed by atoms with Gasteiger partial charge in [0.15, 0.2) is 11.5 Å². The van der Waals surface area contributed by atoms with Crippen LogP contribution in [0.25, 0.3) is 10.8 Å². The van der Waals surface area contributed by atoms with E-state index in [1.807, 2.05) is 0 Å². The molecule has 0 amide bonds. The van der Waals surface area contributed by atoms with Crippen LogP contribution in [-0.2, 0) is 0 Å². The summed E-state index contributed by atoms with van der Waals surface area (Å²) >= 11 is 11.6. The van der Waals surface area contributed by atoms with Crippen molar-refractivity contribution in [3.8, 4) is 11.5 Å². The van der Waals surface area contributed by atoms with Crippen LogP contribution in [0, 0.1) is 0 Å². The number of rotatable bonds is 0. The van der Waals surface area contributed by atoms with Gasteiger partial charge in [-0.25, -0.2) is 0 Å². The Balaban J connectivity index is 3.02. The third-order valence-electron chi connectivity index (χ3n) is 1.93. The first-order valence-electron chi connectivity index (χ1n) is 3.75. The van der Waals surface area contributed by atoms with E-state index in [1.54, 1.807) is 6.07 Å². The topological polar surface area (TPSA) is 53.4 Å². The summed E-state index contributed by atoms with van der Waals surface area (Å²) in [5, 5.41) is 20.0. The van der Waals surface area contributed by atoms with Gasteiger partial charge in [0.1, 0.15) is 0 Å². The molecule has 2 rings (SSSR count). The largest absolute Gasteiger partial charge is 0.503 e. The molecule has 1 aromatic carbocycles. The van der Waals surface area contributed by atoms with E-state index in [0.29, 0.717) is 10.8 Å². The predicted molar refractivity (Wildman–Crippen MR) is 55.1 cm³/mol. The number of hydrogen-bond acceptors (Lipinski definition) is 3. The molecule has 0 spiro atoms. The van der Waals surface area contributed by atoms with Gasteiger partial charge in [0.25, 0.3) is 0 Å². The minimum absolute atomic E-state index is 0.0509. The van der Waals surface area contributed by atoms with Crippen LogP contribution in [0.5, 0.6) is 11.5 Å². The normalized spacial score (nSPS) is 10.7. The molecule has 0 aliphatic rings. The number of halogens is 2. The molecule has 2 aromatic rings. The third kappa shape index (κ3) is 1.17. The van der Waals surface area contributed by atoms with Crippen molar-refractivity contribution in [1.82, 2.24) is 4.98 Å². The fourth-order valence-corrected chi connectivity index (χ4v) is 1.72. The van der Waals surface area contributed by atoms with E-state index in [4.69, 9.17) is 23.2 Å². The van der Waals surface area contributed by atoms with Crippen LogP contribution in [0.15, 0.2) is 18.5 Å². The Hall–Kier alpha value is -1.19. The monoisotopic (exact) mass is 229 g/mol. The average Bonchev–Trinajstić information content (AvgIpc) is 2.23. The van der Waals surface area contributed by atoms with Crippen molar-refractivity contribution >= 4 is 34.0 Å². The van der Waals surface area contributed by atoms with Crippen LogP contribution in [0.1, 0.15) is 0 Å². The fourth-order valence-electron chi connectivity index (χ4n) is 1.22. The van der Waals surface area contributed by atoms with E-state index in [0.717, 1.165) is 0 Å². The second-order valence-corrected chi connectivity index (χ2v) is 3.50. The highest BCUT2D eigenvalue weighted by atomic mass is 35.5. The van der Waals surface area contributed by atoms with Crippen molar-refractivity contribution in [3.05, 3.63) is 28.5 Å². The Morgan fingerprint density at radius 1 is 1.00 bits per heavy atom. The SMILES string of the molecule is Oc1c(O)c(Cl)c2cnccc2c1Cl. The molecule has 0 saturated carbocycles. The molecule has 14 heavy (non-hydrogen) atoms. The second kappa shape index (κ2) is 3.19. The summed E-state index contributed by atoms with van der Waals surface area (Å²) < 4.78 is 0. The second-order valence-electron chi connectivity index (χ2n) is 2.75. The van der Waals surface area contributed by atoms with Gasteiger partial charge >= 0.3 is 0 Å². The first-order chi connectivity index (χ1) is 6.63. The third-order valence-corrected chi connectivity index (χ3v) is 2.70. The first-order valence-corrected chi connectivity index (χ1v) is 4.51. The number of phenolic OH excluding ortho intramolecular Hbond substituents is 2. The average molecular weight is 230 g/mol. The number of benzene rings is 1. The van der Waals surface area contributed by atoms with E-state index in [9.17, 15) is 10.2 Å². The first kappa shape index (κ1) is 9.37. The lowest BCUT2D eigenvalue weighted by Crippen LogP contribution is -1.81. The molecule has 0 fully saturated rings. The van der Waals surface area contributed by atoms with E-state index in [-0.39, 0.29) is 10.0 Å². The van der Waals surface area contributed by atoms with E-state index in [1.165, 1.54) is 12.4 Å². The van der Waals surface area contributed by atoms with E-state index < -0.39 is 11.5 Å². The summed E-state index contributed by atoms with van der Waals surface area (Å²) in [5.74, 6) is -0.826. The van der Waals surface area contributed by atoms with E-state index >= 15 is 0 Å². The molecule has 0 radical (unpaired) electrons. The lowest BCUT2D eigenvalue weighted by atomic mass is 10.1. The van der Waals surface area contributed by atoms with Crippen molar-refractivity contribution < 1.29 is 10.2 Å². The molecule has 0 aliphatic carbocycles. The van der Waals surface area contributed by atoms with Gasteiger partial charge in [-0.2, -0.15) is 0 Å². The molecule has 0 unspecified atom stereocenters. The summed E-state index contributed by atoms with van der Waals surface area (Å²) in [6, 6.07) is 1.61. The van der Waals surface area contributed by atoms with Crippen molar-refractivity contribution in [2.75, 3.05) is 0 Å². The van der Waals surface area contributed by atoms with Gasteiger partial charge in [-0.3, -0.25) is 4.98 Å². The maximum atomic E-state index is 9.40. The van der Waals surface area contributed by atoms with Gasteiger partial charge in [0.05, 0.1) is 10.0 Å². The number of phenols is 2.